The minimum Gasteiger partial charge on any atom is -0.462 e. The van der Waals surface area contributed by atoms with Crippen molar-refractivity contribution in [1.82, 2.24) is 0 Å². The molecule has 1 unspecified atom stereocenters. The highest BCUT2D eigenvalue weighted by molar-refractivity contribution is 8.06. The van der Waals surface area contributed by atoms with E-state index in [9.17, 15) is 67.8 Å². The van der Waals surface area contributed by atoms with Crippen LogP contribution < -0.4 is 0 Å². The molecule has 0 saturated heterocycles. The molecule has 418 valence electrons. The van der Waals surface area contributed by atoms with Crippen LogP contribution in [-0.4, -0.2) is 112 Å². The van der Waals surface area contributed by atoms with Gasteiger partial charge in [0, 0.05) is 12.8 Å². The van der Waals surface area contributed by atoms with Gasteiger partial charge in [0.1, 0.15) is 43.2 Å². The molecule has 71 heavy (non-hydrogen) atoms. The monoisotopic (exact) mass is 1120 g/mol. The molecule has 21 nitrogen and oxygen atoms in total. The average molecular weight is 1120 g/mol. The predicted molar refractivity (Wildman–Crippen MR) is 270 cm³/mol. The fraction of sp³-hybridized carbons (Fsp3) is 0.867. The van der Waals surface area contributed by atoms with Crippen molar-refractivity contribution in [2.45, 2.75) is 236 Å². The lowest BCUT2D eigenvalue weighted by Gasteiger charge is -2.46. The first kappa shape index (κ1) is 68.2. The Labute approximate surface area is 426 Å². The maximum atomic E-state index is 13.3. The fourth-order valence-electron chi connectivity index (χ4n) is 7.78. The second kappa shape index (κ2) is 38.7. The lowest BCUT2D eigenvalue weighted by Crippen LogP contribution is -2.65. The molecule has 1 aliphatic carbocycles. The van der Waals surface area contributed by atoms with Crippen molar-refractivity contribution >= 4 is 53.9 Å². The molecule has 1 saturated carbocycles. The Morgan fingerprint density at radius 1 is 0.479 bits per heavy atom. The summed E-state index contributed by atoms with van der Waals surface area (Å²) >= 11 is 4.37. The minimum absolute atomic E-state index is 0.0387. The second-order valence-electron chi connectivity index (χ2n) is 18.0. The molecule has 9 N–H and O–H groups in total. The van der Waals surface area contributed by atoms with Crippen molar-refractivity contribution < 1.29 is 99.8 Å². The van der Waals surface area contributed by atoms with Gasteiger partial charge in [-0.25, -0.2) is 13.7 Å². The zero-order chi connectivity index (χ0) is 53.2. The number of carbonyl (C=O) groups is 2. The number of unbranched alkanes of at least 4 members (excludes halogenated alkanes) is 22. The molecule has 0 aromatic heterocycles. The van der Waals surface area contributed by atoms with Crippen LogP contribution in [0.25, 0.3) is 0 Å². The summed E-state index contributed by atoms with van der Waals surface area (Å²) in [6.45, 7) is -2.15. The fourth-order valence-corrected chi connectivity index (χ4v) is 10.7. The van der Waals surface area contributed by atoms with Crippen molar-refractivity contribution in [2.24, 2.45) is 0 Å². The van der Waals surface area contributed by atoms with E-state index in [1.54, 1.807) is 0 Å². The van der Waals surface area contributed by atoms with E-state index in [1.165, 1.54) is 77.0 Å². The second-order valence-corrected chi connectivity index (χ2v) is 24.4. The molecular weight excluding hydrogens is 1030 g/mol. The summed E-state index contributed by atoms with van der Waals surface area (Å²) < 4.78 is 71.2. The zero-order valence-electron chi connectivity index (χ0n) is 41.7. The zero-order valence-corrected chi connectivity index (χ0v) is 46.1. The van der Waals surface area contributed by atoms with E-state index in [2.05, 4.69) is 59.0 Å². The number of ether oxygens (including phenoxy) is 2. The van der Waals surface area contributed by atoms with Crippen LogP contribution in [0, 0.1) is 0 Å². The van der Waals surface area contributed by atoms with Crippen LogP contribution in [0.5, 0.6) is 0 Å². The molecule has 0 radical (unpaired) electrons. The molecule has 1 aliphatic rings. The van der Waals surface area contributed by atoms with Crippen LogP contribution in [0.3, 0.4) is 0 Å². The number of rotatable bonds is 44. The highest BCUT2D eigenvalue weighted by Gasteiger charge is 2.58. The average Bonchev–Trinajstić information content (AvgIpc) is 3.27. The first-order valence-electron chi connectivity index (χ1n) is 25.4. The lowest BCUT2D eigenvalue weighted by molar-refractivity contribution is -0.208. The molecule has 0 bridgehead atoms. The molecule has 0 amide bonds. The first-order chi connectivity index (χ1) is 33.5. The van der Waals surface area contributed by atoms with Crippen LogP contribution in [0.2, 0.25) is 0 Å². The molecular formula is C45H86O21P4S. The SMILES string of the molecule is CCCCCCCC/C=C\CCCCCCCC(=O)OC[C@H](COP(=O)(O)O[C@H]1[C@H](O)[C@@H](OP(=O)(O)O)[C@H](OP(=O)(O)O)[C@@H](OP(O)(O)=S)[C@H]1O)OC(=O)CCCCCCC/C=C\CCCCCCCC. The number of esters is 2. The molecule has 0 spiro atoms. The molecule has 1 rings (SSSR count). The van der Waals surface area contributed by atoms with Gasteiger partial charge in [0.15, 0.2) is 6.10 Å². The summed E-state index contributed by atoms with van der Waals surface area (Å²) in [4.78, 5) is 93.9. The minimum atomic E-state index is -5.74. The Bertz CT molecular complexity index is 1650. The molecule has 1 fully saturated rings. The van der Waals surface area contributed by atoms with Gasteiger partial charge in [0.05, 0.1) is 6.61 Å². The van der Waals surface area contributed by atoms with E-state index in [-0.39, 0.29) is 12.8 Å². The number of aliphatic hydroxyl groups is 2. The van der Waals surface area contributed by atoms with Crippen LogP contribution >= 0.6 is 30.2 Å². The van der Waals surface area contributed by atoms with Gasteiger partial charge in [-0.15, -0.1) is 0 Å². The van der Waals surface area contributed by atoms with Crippen LogP contribution in [-0.2, 0) is 67.2 Å². The number of phosphoric acid groups is 3. The Hall–Kier alpha value is -0.800. The number of allylic oxidation sites excluding steroid dienone is 4. The van der Waals surface area contributed by atoms with Gasteiger partial charge in [0.25, 0.3) is 0 Å². The van der Waals surface area contributed by atoms with Crippen molar-refractivity contribution in [3.05, 3.63) is 24.3 Å². The topological polar surface area (TPSA) is 332 Å². The predicted octanol–water partition coefficient (Wildman–Crippen LogP) is 9.30. The van der Waals surface area contributed by atoms with Crippen molar-refractivity contribution in [3.63, 3.8) is 0 Å². The van der Waals surface area contributed by atoms with Crippen LogP contribution in [0.1, 0.15) is 194 Å². The third kappa shape index (κ3) is 36.8. The third-order valence-corrected chi connectivity index (χ3v) is 14.3. The van der Waals surface area contributed by atoms with E-state index < -0.39 is 98.1 Å². The summed E-state index contributed by atoms with van der Waals surface area (Å²) in [7, 11) is -17.1. The first-order valence-corrected chi connectivity index (χ1v) is 32.6. The van der Waals surface area contributed by atoms with E-state index in [4.69, 9.17) is 23.0 Å². The largest absolute Gasteiger partial charge is 0.472 e. The normalized spacial score (nSPS) is 21.5. The number of carbonyl (C=O) groups excluding carboxylic acids is 2. The molecule has 0 aromatic rings. The van der Waals surface area contributed by atoms with Crippen molar-refractivity contribution in [1.29, 1.82) is 0 Å². The summed E-state index contributed by atoms with van der Waals surface area (Å²) in [5.74, 6) is -1.38. The van der Waals surface area contributed by atoms with E-state index in [0.717, 1.165) is 70.6 Å². The maximum Gasteiger partial charge on any atom is 0.472 e. The van der Waals surface area contributed by atoms with Crippen molar-refractivity contribution in [2.75, 3.05) is 13.2 Å². The van der Waals surface area contributed by atoms with Crippen LogP contribution in [0.4, 0.5) is 0 Å². The third-order valence-electron chi connectivity index (χ3n) is 11.5. The molecule has 0 aliphatic heterocycles. The van der Waals surface area contributed by atoms with Gasteiger partial charge in [-0.3, -0.25) is 32.2 Å². The Morgan fingerprint density at radius 2 is 0.845 bits per heavy atom. The smallest absolute Gasteiger partial charge is 0.462 e. The number of hydrogen-bond donors (Lipinski definition) is 9. The van der Waals surface area contributed by atoms with Gasteiger partial charge >= 0.3 is 42.1 Å². The Morgan fingerprint density at radius 3 is 1.25 bits per heavy atom. The molecule has 0 heterocycles. The van der Waals surface area contributed by atoms with Crippen molar-refractivity contribution in [3.8, 4) is 0 Å². The highest BCUT2D eigenvalue weighted by Crippen LogP contribution is 2.53. The number of hydrogen-bond acceptors (Lipinski definition) is 15. The highest BCUT2D eigenvalue weighted by atomic mass is 32.5. The summed E-state index contributed by atoms with van der Waals surface area (Å²) in [6.07, 6.45) is 19.1. The summed E-state index contributed by atoms with van der Waals surface area (Å²) in [5, 5.41) is 22.0. The number of aliphatic hydroxyl groups excluding tert-OH is 2. The van der Waals surface area contributed by atoms with Gasteiger partial charge < -0.3 is 53.9 Å². The lowest BCUT2D eigenvalue weighted by atomic mass is 9.85. The van der Waals surface area contributed by atoms with Crippen LogP contribution in [0.15, 0.2) is 24.3 Å². The van der Waals surface area contributed by atoms with Gasteiger partial charge in [-0.2, -0.15) is 0 Å². The molecule has 0 aromatic carbocycles. The Balaban J connectivity index is 2.89. The molecule has 8 atom stereocenters. The summed E-state index contributed by atoms with van der Waals surface area (Å²) in [5.41, 5.74) is 0. The standard InChI is InChI=1S/C45H86O21P4S/c1-3-5-7-9-11-13-15-17-19-21-23-25-27-29-31-33-38(46)60-35-37(62-39(47)34-32-30-28-26-24-22-20-18-16-14-12-10-8-6-4-2)36-61-69(56,57)65-42-40(48)43(63-67(50,51)52)45(64-68(53,54)55)44(41(42)49)66-70(58,59)71/h17-20,37,40-45,48-49H,3-16,21-36H2,1-2H3,(H,56,57)(H2,50,51,52)(H2,53,54,55)(H2,58,59,71)/b19-17-,20-18-/t37-,40+,41+,42+,43-,44+,45+/m1/s1. The molecule has 26 heteroatoms. The summed E-state index contributed by atoms with van der Waals surface area (Å²) in [6, 6.07) is 0. The van der Waals surface area contributed by atoms with E-state index >= 15 is 0 Å². The van der Waals surface area contributed by atoms with E-state index in [0.29, 0.717) is 19.3 Å². The van der Waals surface area contributed by atoms with Gasteiger partial charge in [-0.1, -0.05) is 141 Å². The Kier molecular flexibility index (Phi) is 37.2. The van der Waals surface area contributed by atoms with Gasteiger partial charge in [-0.05, 0) is 76.0 Å². The van der Waals surface area contributed by atoms with E-state index in [1.807, 2.05) is 0 Å². The number of phosphoric ester groups is 3. The quantitative estimate of drug-likeness (QED) is 0.0119. The van der Waals surface area contributed by atoms with Gasteiger partial charge in [0.2, 0.25) is 0 Å². The maximum absolute atomic E-state index is 13.3.